The zero-order valence-electron chi connectivity index (χ0n) is 11.5. The van der Waals surface area contributed by atoms with E-state index in [1.54, 1.807) is 41.6 Å². The zero-order chi connectivity index (χ0) is 15.2. The van der Waals surface area contributed by atoms with Crippen molar-refractivity contribution in [3.05, 3.63) is 52.7 Å². The van der Waals surface area contributed by atoms with Gasteiger partial charge in [0.05, 0.1) is 12.1 Å². The first-order valence-corrected chi connectivity index (χ1v) is 7.17. The van der Waals surface area contributed by atoms with Gasteiger partial charge in [-0.3, -0.25) is 9.69 Å². The zero-order valence-corrected chi connectivity index (χ0v) is 12.3. The average molecular weight is 303 g/mol. The van der Waals surface area contributed by atoms with Gasteiger partial charge in [0.2, 0.25) is 5.91 Å². The van der Waals surface area contributed by atoms with E-state index in [0.29, 0.717) is 22.7 Å². The van der Waals surface area contributed by atoms with Gasteiger partial charge >= 0.3 is 0 Å². The maximum Gasteiger partial charge on any atom is 0.239 e. The number of carbonyl (C=O) groups excluding carboxylic acids is 1. The van der Waals surface area contributed by atoms with Crippen molar-refractivity contribution in [1.29, 1.82) is 5.26 Å². The number of thiophene rings is 1. The molecule has 0 saturated carbocycles. The van der Waals surface area contributed by atoms with Crippen LogP contribution in [0, 0.1) is 17.1 Å². The fraction of sp³-hybridized carbons (Fsp3) is 0.200. The van der Waals surface area contributed by atoms with E-state index in [-0.39, 0.29) is 18.3 Å². The predicted octanol–water partition coefficient (Wildman–Crippen LogP) is 2.83. The molecule has 6 heteroatoms. The van der Waals surface area contributed by atoms with Crippen LogP contribution in [-0.4, -0.2) is 24.4 Å². The summed E-state index contributed by atoms with van der Waals surface area (Å²) in [4.78, 5) is 13.6. The Hall–Kier alpha value is -2.23. The van der Waals surface area contributed by atoms with Gasteiger partial charge in [0, 0.05) is 12.1 Å². The first-order valence-electron chi connectivity index (χ1n) is 6.29. The Labute approximate surface area is 126 Å². The number of hydrogen-bond acceptors (Lipinski definition) is 4. The molecule has 1 aromatic carbocycles. The van der Waals surface area contributed by atoms with Gasteiger partial charge in [-0.05, 0) is 24.6 Å². The Morgan fingerprint density at radius 2 is 2.19 bits per heavy atom. The molecule has 0 bridgehead atoms. The summed E-state index contributed by atoms with van der Waals surface area (Å²) < 4.78 is 13.5. The lowest BCUT2D eigenvalue weighted by molar-refractivity contribution is -0.117. The predicted molar refractivity (Wildman–Crippen MR) is 80.4 cm³/mol. The molecule has 0 radical (unpaired) electrons. The molecule has 4 nitrogen and oxygen atoms in total. The minimum Gasteiger partial charge on any atom is -0.315 e. The molecule has 0 spiro atoms. The summed E-state index contributed by atoms with van der Waals surface area (Å²) in [5.74, 6) is -0.512. The number of likely N-dealkylation sites (N-methyl/N-ethyl adjacent to an activating group) is 1. The summed E-state index contributed by atoms with van der Waals surface area (Å²) in [7, 11) is 1.74. The monoisotopic (exact) mass is 303 g/mol. The number of nitrogens with one attached hydrogen (secondary N) is 1. The van der Waals surface area contributed by atoms with Crippen LogP contribution in [0.25, 0.3) is 0 Å². The van der Waals surface area contributed by atoms with Gasteiger partial charge in [-0.25, -0.2) is 4.39 Å². The van der Waals surface area contributed by atoms with E-state index in [0.717, 1.165) is 0 Å². The first kappa shape index (κ1) is 15.2. The first-order chi connectivity index (χ1) is 10.1. The highest BCUT2D eigenvalue weighted by molar-refractivity contribution is 7.14. The smallest absolute Gasteiger partial charge is 0.239 e. The fourth-order valence-corrected chi connectivity index (χ4v) is 2.63. The van der Waals surface area contributed by atoms with Crippen molar-refractivity contribution in [1.82, 2.24) is 4.90 Å². The van der Waals surface area contributed by atoms with E-state index < -0.39 is 0 Å². The van der Waals surface area contributed by atoms with Gasteiger partial charge in [-0.15, -0.1) is 11.3 Å². The normalized spacial score (nSPS) is 10.4. The average Bonchev–Trinajstić information content (AvgIpc) is 2.88. The van der Waals surface area contributed by atoms with Crippen molar-refractivity contribution in [3.8, 4) is 6.07 Å². The van der Waals surface area contributed by atoms with Crippen LogP contribution in [0.3, 0.4) is 0 Å². The number of carbonyl (C=O) groups is 1. The Balaban J connectivity index is 1.91. The number of nitrogens with zero attached hydrogens (tertiary/aromatic N) is 2. The molecule has 0 atom stereocenters. The number of anilines is 1. The molecule has 2 aromatic rings. The Bertz CT molecular complexity index is 678. The minimum absolute atomic E-state index is 0.122. The van der Waals surface area contributed by atoms with Crippen LogP contribution in [-0.2, 0) is 11.3 Å². The molecule has 0 aliphatic carbocycles. The van der Waals surface area contributed by atoms with E-state index in [1.165, 1.54) is 17.4 Å². The van der Waals surface area contributed by atoms with Crippen molar-refractivity contribution in [2.24, 2.45) is 0 Å². The highest BCUT2D eigenvalue weighted by Crippen LogP contribution is 2.22. The number of amides is 1. The number of hydrogen-bond donors (Lipinski definition) is 1. The van der Waals surface area contributed by atoms with Crippen molar-refractivity contribution in [2.75, 3.05) is 18.9 Å². The van der Waals surface area contributed by atoms with Gasteiger partial charge in [0.15, 0.2) is 0 Å². The van der Waals surface area contributed by atoms with Crippen molar-refractivity contribution >= 4 is 22.2 Å². The van der Waals surface area contributed by atoms with Crippen LogP contribution in [0.4, 0.5) is 9.39 Å². The topological polar surface area (TPSA) is 56.1 Å². The second-order valence-electron chi connectivity index (χ2n) is 4.59. The molecule has 0 saturated heterocycles. The quantitative estimate of drug-likeness (QED) is 0.924. The molecule has 1 heterocycles. The third kappa shape index (κ3) is 4.12. The molecule has 1 N–H and O–H groups in total. The van der Waals surface area contributed by atoms with Crippen LogP contribution in [0.1, 0.15) is 11.1 Å². The second-order valence-corrected chi connectivity index (χ2v) is 5.50. The number of halogens is 1. The molecule has 1 aromatic heterocycles. The Kier molecular flexibility index (Phi) is 5.04. The van der Waals surface area contributed by atoms with Gasteiger partial charge in [0.1, 0.15) is 16.9 Å². The van der Waals surface area contributed by atoms with Gasteiger partial charge in [-0.1, -0.05) is 18.2 Å². The van der Waals surface area contributed by atoms with Crippen LogP contribution in [0.5, 0.6) is 0 Å². The number of nitriles is 1. The molecule has 1 amide bonds. The molecule has 108 valence electrons. The van der Waals surface area contributed by atoms with E-state index in [4.69, 9.17) is 5.26 Å². The van der Waals surface area contributed by atoms with Crippen LogP contribution in [0.2, 0.25) is 0 Å². The van der Waals surface area contributed by atoms with Gasteiger partial charge in [0.25, 0.3) is 0 Å². The van der Waals surface area contributed by atoms with Crippen molar-refractivity contribution in [3.63, 3.8) is 0 Å². The summed E-state index contributed by atoms with van der Waals surface area (Å²) in [6.07, 6.45) is 0. The van der Waals surface area contributed by atoms with Crippen LogP contribution >= 0.6 is 11.3 Å². The summed E-state index contributed by atoms with van der Waals surface area (Å²) in [5, 5.41) is 13.9. The number of benzene rings is 1. The molecule has 0 aliphatic rings. The second kappa shape index (κ2) is 6.97. The number of rotatable bonds is 5. The molecule has 0 fully saturated rings. The summed E-state index contributed by atoms with van der Waals surface area (Å²) in [6.45, 7) is 0.465. The Morgan fingerprint density at radius 3 is 2.90 bits per heavy atom. The van der Waals surface area contributed by atoms with E-state index >= 15 is 0 Å². The lowest BCUT2D eigenvalue weighted by atomic mass is 10.2. The standard InChI is InChI=1S/C15H14FN3OS/c1-19(9-12-4-2-3-5-13(12)16)10-14(20)18-15-11(8-17)6-7-21-15/h2-7H,9-10H2,1H3,(H,18,20). The molecule has 0 unspecified atom stereocenters. The lowest BCUT2D eigenvalue weighted by Gasteiger charge is -2.16. The maximum absolute atomic E-state index is 13.5. The largest absolute Gasteiger partial charge is 0.315 e. The molecular weight excluding hydrogens is 289 g/mol. The summed E-state index contributed by atoms with van der Waals surface area (Å²) >= 11 is 1.30. The SMILES string of the molecule is CN(CC(=O)Nc1sccc1C#N)Cc1ccccc1F. The third-order valence-electron chi connectivity index (χ3n) is 2.85. The maximum atomic E-state index is 13.5. The molecular formula is C15H14FN3OS. The third-order valence-corrected chi connectivity index (χ3v) is 3.68. The van der Waals surface area contributed by atoms with Crippen LogP contribution in [0.15, 0.2) is 35.7 Å². The highest BCUT2D eigenvalue weighted by Gasteiger charge is 2.12. The summed E-state index contributed by atoms with van der Waals surface area (Å²) in [6, 6.07) is 10.2. The highest BCUT2D eigenvalue weighted by atomic mass is 32.1. The van der Waals surface area contributed by atoms with E-state index in [1.807, 2.05) is 6.07 Å². The molecule has 2 rings (SSSR count). The van der Waals surface area contributed by atoms with E-state index in [9.17, 15) is 9.18 Å². The van der Waals surface area contributed by atoms with Crippen LogP contribution < -0.4 is 5.32 Å². The lowest BCUT2D eigenvalue weighted by Crippen LogP contribution is -2.30. The van der Waals surface area contributed by atoms with Gasteiger partial charge < -0.3 is 5.32 Å². The fourth-order valence-electron chi connectivity index (χ4n) is 1.88. The van der Waals surface area contributed by atoms with Crippen molar-refractivity contribution < 1.29 is 9.18 Å². The van der Waals surface area contributed by atoms with Crippen molar-refractivity contribution in [2.45, 2.75) is 6.54 Å². The van der Waals surface area contributed by atoms with Gasteiger partial charge in [-0.2, -0.15) is 5.26 Å². The molecule has 21 heavy (non-hydrogen) atoms. The molecule has 0 aliphatic heterocycles. The van der Waals surface area contributed by atoms with E-state index in [2.05, 4.69) is 5.32 Å². The summed E-state index contributed by atoms with van der Waals surface area (Å²) in [5.41, 5.74) is 0.992. The Morgan fingerprint density at radius 1 is 1.43 bits per heavy atom. The minimum atomic E-state index is -0.283.